The van der Waals surface area contributed by atoms with E-state index in [1.165, 1.54) is 25.1 Å². The van der Waals surface area contributed by atoms with E-state index in [4.69, 9.17) is 0 Å². The lowest BCUT2D eigenvalue weighted by Crippen LogP contribution is -2.66. The van der Waals surface area contributed by atoms with Crippen molar-refractivity contribution in [2.24, 2.45) is 0 Å². The van der Waals surface area contributed by atoms with Gasteiger partial charge in [-0.2, -0.15) is 13.2 Å². The number of hydrogen-bond acceptors (Lipinski definition) is 4. The number of methoxy groups -OCH3 is 1. The molecule has 0 fully saturated rings. The first kappa shape index (κ1) is 17.6. The van der Waals surface area contributed by atoms with Crippen LogP contribution < -0.4 is 10.6 Å². The van der Waals surface area contributed by atoms with E-state index >= 15 is 0 Å². The second-order valence-electron chi connectivity index (χ2n) is 4.08. The summed E-state index contributed by atoms with van der Waals surface area (Å²) in [6, 6.07) is 6.38. The van der Waals surface area contributed by atoms with Crippen LogP contribution in [-0.2, 0) is 15.1 Å². The number of benzene rings is 1. The zero-order valence-electron chi connectivity index (χ0n) is 11.9. The van der Waals surface area contributed by atoms with Crippen molar-refractivity contribution in [3.63, 3.8) is 0 Å². The molecule has 2 N–H and O–H groups in total. The molecule has 6 nitrogen and oxygen atoms in total. The van der Waals surface area contributed by atoms with E-state index < -0.39 is 29.6 Å². The number of alkyl halides is 3. The summed E-state index contributed by atoms with van der Waals surface area (Å²) < 4.78 is 49.6. The van der Waals surface area contributed by atoms with Crippen molar-refractivity contribution in [2.75, 3.05) is 13.7 Å². The first-order valence-electron chi connectivity index (χ1n) is 6.20. The molecule has 1 unspecified atom stereocenters. The van der Waals surface area contributed by atoms with Crippen LogP contribution in [-0.4, -0.2) is 32.1 Å². The Kier molecular flexibility index (Phi) is 5.61. The minimum Gasteiger partial charge on any atom is -0.453 e. The number of halogens is 3. The van der Waals surface area contributed by atoms with E-state index in [9.17, 15) is 22.8 Å². The van der Waals surface area contributed by atoms with Gasteiger partial charge in [-0.3, -0.25) is 10.6 Å². The Morgan fingerprint density at radius 1 is 1.09 bits per heavy atom. The Labute approximate surface area is 124 Å². The molecule has 0 aliphatic rings. The summed E-state index contributed by atoms with van der Waals surface area (Å²) in [7, 11) is 0.909. The van der Waals surface area contributed by atoms with Gasteiger partial charge in [-0.25, -0.2) is 9.59 Å². The summed E-state index contributed by atoms with van der Waals surface area (Å²) in [5.74, 6) is 0. The highest BCUT2D eigenvalue weighted by Gasteiger charge is 2.59. The van der Waals surface area contributed by atoms with Crippen LogP contribution in [0.25, 0.3) is 0 Å². The Morgan fingerprint density at radius 2 is 1.64 bits per heavy atom. The first-order chi connectivity index (χ1) is 10.3. The van der Waals surface area contributed by atoms with Gasteiger partial charge in [0, 0.05) is 5.56 Å². The Morgan fingerprint density at radius 3 is 2.09 bits per heavy atom. The normalized spacial score (nSPS) is 13.7. The van der Waals surface area contributed by atoms with Crippen LogP contribution in [0.5, 0.6) is 0 Å². The van der Waals surface area contributed by atoms with Gasteiger partial charge in [-0.1, -0.05) is 30.3 Å². The molecular formula is C13H15F3N2O4. The molecule has 0 saturated carbocycles. The maximum absolute atomic E-state index is 13.6. The van der Waals surface area contributed by atoms with E-state index in [0.717, 1.165) is 19.2 Å². The van der Waals surface area contributed by atoms with Crippen LogP contribution in [0.2, 0.25) is 0 Å². The van der Waals surface area contributed by atoms with Gasteiger partial charge in [-0.05, 0) is 6.92 Å². The molecule has 1 aromatic rings. The molecule has 0 bridgehead atoms. The molecule has 2 amide bonds. The van der Waals surface area contributed by atoms with Crippen molar-refractivity contribution in [2.45, 2.75) is 18.8 Å². The predicted molar refractivity (Wildman–Crippen MR) is 69.9 cm³/mol. The van der Waals surface area contributed by atoms with E-state index in [-0.39, 0.29) is 6.61 Å². The minimum absolute atomic E-state index is 0.132. The van der Waals surface area contributed by atoms with Gasteiger partial charge >= 0.3 is 18.4 Å². The molecule has 1 rings (SSSR count). The molecule has 0 saturated heterocycles. The minimum atomic E-state index is -5.05. The Bertz CT molecular complexity index is 522. The Balaban J connectivity index is 3.36. The molecule has 1 atom stereocenters. The molecule has 0 heterocycles. The highest BCUT2D eigenvalue weighted by atomic mass is 19.4. The third-order valence-electron chi connectivity index (χ3n) is 2.67. The van der Waals surface area contributed by atoms with Crippen molar-refractivity contribution in [1.82, 2.24) is 10.6 Å². The second kappa shape index (κ2) is 7.01. The van der Waals surface area contributed by atoms with Crippen LogP contribution in [0.3, 0.4) is 0 Å². The van der Waals surface area contributed by atoms with E-state index in [2.05, 4.69) is 9.47 Å². The molecule has 1 aromatic carbocycles. The molecule has 0 radical (unpaired) electrons. The van der Waals surface area contributed by atoms with Crippen molar-refractivity contribution in [3.05, 3.63) is 35.9 Å². The van der Waals surface area contributed by atoms with Gasteiger partial charge in [0.15, 0.2) is 0 Å². The average Bonchev–Trinajstić information content (AvgIpc) is 2.46. The lowest BCUT2D eigenvalue weighted by atomic mass is 9.98. The SMILES string of the molecule is CCOC(=O)NC(NC(=O)OC)(c1ccccc1)C(F)(F)F. The summed E-state index contributed by atoms with van der Waals surface area (Å²) in [5, 5.41) is 3.28. The van der Waals surface area contributed by atoms with Gasteiger partial charge in [-0.15, -0.1) is 0 Å². The second-order valence-corrected chi connectivity index (χ2v) is 4.08. The van der Waals surface area contributed by atoms with Crippen LogP contribution in [0.15, 0.2) is 30.3 Å². The summed E-state index contributed by atoms with van der Waals surface area (Å²) in [4.78, 5) is 22.9. The van der Waals surface area contributed by atoms with Gasteiger partial charge in [0.25, 0.3) is 0 Å². The number of carbonyl (C=O) groups is 2. The van der Waals surface area contributed by atoms with Crippen LogP contribution >= 0.6 is 0 Å². The van der Waals surface area contributed by atoms with E-state index in [1.54, 1.807) is 10.6 Å². The van der Waals surface area contributed by atoms with Gasteiger partial charge in [0.1, 0.15) is 0 Å². The standard InChI is InChI=1S/C13H15F3N2O4/c1-3-22-11(20)18-12(13(14,15)16,17-10(19)21-2)9-7-5-4-6-8-9/h4-8H,3H2,1-2H3,(H,17,19)(H,18,20). The molecule has 0 aliphatic carbocycles. The van der Waals surface area contributed by atoms with Crippen LogP contribution in [0, 0.1) is 0 Å². The first-order valence-corrected chi connectivity index (χ1v) is 6.20. The summed E-state index contributed by atoms with van der Waals surface area (Å²) in [6.45, 7) is 1.30. The Hall–Kier alpha value is -2.45. The lowest BCUT2D eigenvalue weighted by Gasteiger charge is -2.36. The molecule has 22 heavy (non-hydrogen) atoms. The molecule has 0 aliphatic heterocycles. The molecule has 0 spiro atoms. The van der Waals surface area contributed by atoms with Crippen molar-refractivity contribution >= 4 is 12.2 Å². The molecular weight excluding hydrogens is 305 g/mol. The maximum Gasteiger partial charge on any atom is 0.435 e. The van der Waals surface area contributed by atoms with Gasteiger partial charge in [0.2, 0.25) is 5.66 Å². The monoisotopic (exact) mass is 320 g/mol. The zero-order valence-corrected chi connectivity index (χ0v) is 11.9. The number of rotatable bonds is 4. The summed E-state index contributed by atoms with van der Waals surface area (Å²) >= 11 is 0. The number of alkyl carbamates (subject to hydrolysis) is 2. The lowest BCUT2D eigenvalue weighted by molar-refractivity contribution is -0.206. The van der Waals surface area contributed by atoms with Gasteiger partial charge < -0.3 is 9.47 Å². The maximum atomic E-state index is 13.6. The van der Waals surface area contributed by atoms with E-state index in [1.807, 2.05) is 0 Å². The van der Waals surface area contributed by atoms with Crippen molar-refractivity contribution in [3.8, 4) is 0 Å². The molecule has 122 valence electrons. The van der Waals surface area contributed by atoms with E-state index in [0.29, 0.717) is 0 Å². The van der Waals surface area contributed by atoms with Crippen molar-refractivity contribution in [1.29, 1.82) is 0 Å². The van der Waals surface area contributed by atoms with Crippen LogP contribution in [0.4, 0.5) is 22.8 Å². The topological polar surface area (TPSA) is 76.7 Å². The number of carbonyl (C=O) groups excluding carboxylic acids is 2. The van der Waals surface area contributed by atoms with Gasteiger partial charge in [0.05, 0.1) is 13.7 Å². The number of nitrogens with one attached hydrogen (secondary N) is 2. The number of ether oxygens (including phenoxy) is 2. The smallest absolute Gasteiger partial charge is 0.435 e. The third-order valence-corrected chi connectivity index (χ3v) is 2.67. The third kappa shape index (κ3) is 3.80. The highest BCUT2D eigenvalue weighted by molar-refractivity contribution is 5.73. The van der Waals surface area contributed by atoms with Crippen molar-refractivity contribution < 1.29 is 32.2 Å². The molecule has 0 aromatic heterocycles. The predicted octanol–water partition coefficient (Wildman–Crippen LogP) is 2.50. The summed E-state index contributed by atoms with van der Waals surface area (Å²) in [5.41, 5.74) is -3.57. The fourth-order valence-corrected chi connectivity index (χ4v) is 1.69. The fraction of sp³-hybridized carbons (Fsp3) is 0.385. The number of hydrogen-bond donors (Lipinski definition) is 2. The largest absolute Gasteiger partial charge is 0.453 e. The van der Waals surface area contributed by atoms with Crippen LogP contribution in [0.1, 0.15) is 12.5 Å². The number of amides is 2. The fourth-order valence-electron chi connectivity index (χ4n) is 1.69. The quantitative estimate of drug-likeness (QED) is 0.836. The summed E-state index contributed by atoms with van der Waals surface area (Å²) in [6.07, 6.45) is -7.74. The molecule has 9 heteroatoms. The average molecular weight is 320 g/mol. The highest BCUT2D eigenvalue weighted by Crippen LogP contribution is 2.37. The zero-order chi connectivity index (χ0) is 16.8.